The minimum Gasteiger partial charge on any atom is -0.314 e. The number of amides is 2. The minimum absolute atomic E-state index is 0.391. The summed E-state index contributed by atoms with van der Waals surface area (Å²) in [4.78, 5) is 11.6. The largest absolute Gasteiger partial charge is 0.323 e. The van der Waals surface area contributed by atoms with E-state index in [1.807, 2.05) is 31.2 Å². The molecule has 20 heavy (non-hydrogen) atoms. The Labute approximate surface area is 117 Å². The van der Waals surface area contributed by atoms with Crippen LogP contribution in [0.5, 0.6) is 0 Å². The quantitative estimate of drug-likeness (QED) is 0.871. The van der Waals surface area contributed by atoms with Crippen LogP contribution in [0.3, 0.4) is 0 Å². The molecule has 0 spiro atoms. The van der Waals surface area contributed by atoms with Gasteiger partial charge in [0.15, 0.2) is 0 Å². The molecule has 0 saturated heterocycles. The van der Waals surface area contributed by atoms with Gasteiger partial charge in [-0.15, -0.1) is 0 Å². The van der Waals surface area contributed by atoms with Gasteiger partial charge in [-0.2, -0.15) is 0 Å². The summed E-state index contributed by atoms with van der Waals surface area (Å²) in [5.74, 6) is -0.391. The van der Waals surface area contributed by atoms with Crippen molar-refractivity contribution >= 4 is 17.8 Å². The van der Waals surface area contributed by atoms with Gasteiger partial charge in [-0.25, -0.2) is 9.18 Å². The van der Waals surface area contributed by atoms with Crippen molar-refractivity contribution < 1.29 is 9.18 Å². The van der Waals surface area contributed by atoms with Crippen LogP contribution in [0.15, 0.2) is 54.7 Å². The summed E-state index contributed by atoms with van der Waals surface area (Å²) in [6, 6.07) is 13.2. The summed E-state index contributed by atoms with van der Waals surface area (Å²) in [6.45, 7) is 2.00. The van der Waals surface area contributed by atoms with E-state index in [9.17, 15) is 9.18 Å². The van der Waals surface area contributed by atoms with E-state index >= 15 is 0 Å². The molecular weight excluding hydrogens is 255 g/mol. The van der Waals surface area contributed by atoms with Crippen LogP contribution in [0.2, 0.25) is 0 Å². The first-order valence-electron chi connectivity index (χ1n) is 6.20. The zero-order chi connectivity index (χ0) is 14.4. The van der Waals surface area contributed by atoms with Crippen molar-refractivity contribution in [3.63, 3.8) is 0 Å². The fourth-order valence-electron chi connectivity index (χ4n) is 1.72. The van der Waals surface area contributed by atoms with E-state index in [4.69, 9.17) is 0 Å². The maximum Gasteiger partial charge on any atom is 0.323 e. The van der Waals surface area contributed by atoms with Gasteiger partial charge < -0.3 is 10.6 Å². The fraction of sp³-hybridized carbons (Fsp3) is 0.0625. The number of rotatable bonds is 3. The van der Waals surface area contributed by atoms with Gasteiger partial charge in [0.05, 0.1) is 0 Å². The van der Waals surface area contributed by atoms with Gasteiger partial charge in [0.2, 0.25) is 0 Å². The topological polar surface area (TPSA) is 41.1 Å². The summed E-state index contributed by atoms with van der Waals surface area (Å²) in [5.41, 5.74) is 2.55. The number of nitrogens with one attached hydrogen (secondary N) is 2. The maximum atomic E-state index is 12.9. The van der Waals surface area contributed by atoms with Crippen molar-refractivity contribution in [3.05, 3.63) is 71.7 Å². The predicted octanol–water partition coefficient (Wildman–Crippen LogP) is 3.93. The molecule has 0 unspecified atom stereocenters. The first-order valence-corrected chi connectivity index (χ1v) is 6.20. The minimum atomic E-state index is -0.417. The van der Waals surface area contributed by atoms with Crippen molar-refractivity contribution in [2.24, 2.45) is 0 Å². The van der Waals surface area contributed by atoms with Gasteiger partial charge in [-0.1, -0.05) is 35.9 Å². The molecule has 0 aromatic heterocycles. The first-order chi connectivity index (χ1) is 9.63. The van der Waals surface area contributed by atoms with Gasteiger partial charge >= 0.3 is 6.03 Å². The Kier molecular flexibility index (Phi) is 4.50. The fourth-order valence-corrected chi connectivity index (χ4v) is 1.72. The smallest absolute Gasteiger partial charge is 0.314 e. The van der Waals surface area contributed by atoms with Gasteiger partial charge in [0.1, 0.15) is 5.82 Å². The Morgan fingerprint density at radius 3 is 2.70 bits per heavy atom. The van der Waals surface area contributed by atoms with Gasteiger partial charge in [0.25, 0.3) is 0 Å². The lowest BCUT2D eigenvalue weighted by atomic mass is 10.1. The molecule has 0 heterocycles. The Morgan fingerprint density at radius 2 is 1.95 bits per heavy atom. The molecule has 102 valence electrons. The van der Waals surface area contributed by atoms with Crippen LogP contribution in [0.1, 0.15) is 11.1 Å². The highest BCUT2D eigenvalue weighted by molar-refractivity contribution is 5.90. The van der Waals surface area contributed by atoms with E-state index in [-0.39, 0.29) is 0 Å². The molecule has 3 nitrogen and oxygen atoms in total. The van der Waals surface area contributed by atoms with Crippen LogP contribution in [-0.4, -0.2) is 6.03 Å². The van der Waals surface area contributed by atoms with E-state index in [1.165, 1.54) is 18.2 Å². The Hall–Kier alpha value is -2.62. The molecule has 2 N–H and O–H groups in total. The standard InChI is InChI=1S/C16H15FN2O/c1-12-4-2-5-13(10-12)8-9-18-16(20)19-15-7-3-6-14(17)11-15/h2-11H,1H3,(H2,18,19,20)/b9-8+. The Balaban J connectivity index is 1.89. The van der Waals surface area contributed by atoms with Crippen molar-refractivity contribution in [2.75, 3.05) is 5.32 Å². The van der Waals surface area contributed by atoms with E-state index < -0.39 is 11.8 Å². The van der Waals surface area contributed by atoms with Crippen LogP contribution < -0.4 is 10.6 Å². The number of hydrogen-bond acceptors (Lipinski definition) is 1. The molecule has 0 fully saturated rings. The molecule has 2 aromatic carbocycles. The molecule has 0 bridgehead atoms. The predicted molar refractivity (Wildman–Crippen MR) is 78.8 cm³/mol. The monoisotopic (exact) mass is 270 g/mol. The lowest BCUT2D eigenvalue weighted by Gasteiger charge is -2.04. The zero-order valence-corrected chi connectivity index (χ0v) is 11.1. The van der Waals surface area contributed by atoms with Crippen molar-refractivity contribution in [1.82, 2.24) is 5.32 Å². The van der Waals surface area contributed by atoms with Crippen LogP contribution in [-0.2, 0) is 0 Å². The highest BCUT2D eigenvalue weighted by Crippen LogP contribution is 2.08. The number of halogens is 1. The summed E-state index contributed by atoms with van der Waals surface area (Å²) in [6.07, 6.45) is 3.33. The SMILES string of the molecule is Cc1cccc(/C=C/NC(=O)Nc2cccc(F)c2)c1. The van der Waals surface area contributed by atoms with E-state index in [1.54, 1.807) is 18.3 Å². The highest BCUT2D eigenvalue weighted by Gasteiger charge is 1.99. The number of anilines is 1. The number of aryl methyl sites for hydroxylation is 1. The average Bonchev–Trinajstić information content (AvgIpc) is 2.38. The number of hydrogen-bond donors (Lipinski definition) is 2. The molecule has 0 radical (unpaired) electrons. The first kappa shape index (κ1) is 13.8. The Bertz CT molecular complexity index is 638. The molecular formula is C16H15FN2O. The summed E-state index contributed by atoms with van der Waals surface area (Å²) >= 11 is 0. The van der Waals surface area contributed by atoms with Crippen LogP contribution >= 0.6 is 0 Å². The van der Waals surface area contributed by atoms with E-state index in [2.05, 4.69) is 10.6 Å². The van der Waals surface area contributed by atoms with E-state index in [0.717, 1.165) is 11.1 Å². The second-order valence-corrected chi connectivity index (χ2v) is 4.36. The number of carbonyl (C=O) groups is 1. The molecule has 4 heteroatoms. The molecule has 2 amide bonds. The molecule has 2 aromatic rings. The average molecular weight is 270 g/mol. The lowest BCUT2D eigenvalue weighted by molar-refractivity contribution is 0.255. The summed E-state index contributed by atoms with van der Waals surface area (Å²) in [7, 11) is 0. The third-order valence-corrected chi connectivity index (χ3v) is 2.61. The number of urea groups is 1. The van der Waals surface area contributed by atoms with Crippen LogP contribution in [0.25, 0.3) is 6.08 Å². The van der Waals surface area contributed by atoms with Crippen molar-refractivity contribution in [2.45, 2.75) is 6.92 Å². The molecule has 0 atom stereocenters. The van der Waals surface area contributed by atoms with Crippen LogP contribution in [0, 0.1) is 12.7 Å². The number of benzene rings is 2. The van der Waals surface area contributed by atoms with E-state index in [0.29, 0.717) is 5.69 Å². The van der Waals surface area contributed by atoms with Crippen molar-refractivity contribution in [1.29, 1.82) is 0 Å². The molecule has 0 aliphatic heterocycles. The molecule has 0 saturated carbocycles. The van der Waals surface area contributed by atoms with Crippen LogP contribution in [0.4, 0.5) is 14.9 Å². The summed E-state index contributed by atoms with van der Waals surface area (Å²) in [5, 5.41) is 5.10. The molecule has 0 aliphatic carbocycles. The third kappa shape index (κ3) is 4.24. The third-order valence-electron chi connectivity index (χ3n) is 2.61. The normalized spacial score (nSPS) is 10.5. The highest BCUT2D eigenvalue weighted by atomic mass is 19.1. The second kappa shape index (κ2) is 6.52. The van der Waals surface area contributed by atoms with Crippen molar-refractivity contribution in [3.8, 4) is 0 Å². The molecule has 0 aliphatic rings. The van der Waals surface area contributed by atoms with Gasteiger partial charge in [-0.05, 0) is 36.8 Å². The summed E-state index contributed by atoms with van der Waals surface area (Å²) < 4.78 is 12.9. The number of carbonyl (C=O) groups excluding carboxylic acids is 1. The van der Waals surface area contributed by atoms with Gasteiger partial charge in [0, 0.05) is 11.9 Å². The lowest BCUT2D eigenvalue weighted by Crippen LogP contribution is -2.23. The molecule has 2 rings (SSSR count). The van der Waals surface area contributed by atoms with Gasteiger partial charge in [-0.3, -0.25) is 0 Å². The maximum absolute atomic E-state index is 12.9. The Morgan fingerprint density at radius 1 is 1.15 bits per heavy atom. The zero-order valence-electron chi connectivity index (χ0n) is 11.1. The second-order valence-electron chi connectivity index (χ2n) is 4.36.